The predicted molar refractivity (Wildman–Crippen MR) is 69.1 cm³/mol. The molecule has 0 aromatic heterocycles. The van der Waals surface area contributed by atoms with Crippen LogP contribution in [0.3, 0.4) is 0 Å². The number of benzene rings is 1. The first-order chi connectivity index (χ1) is 8.67. The molecule has 5 nitrogen and oxygen atoms in total. The van der Waals surface area contributed by atoms with Gasteiger partial charge in [0.1, 0.15) is 12.0 Å². The number of carbonyl (C=O) groups is 1. The summed E-state index contributed by atoms with van der Waals surface area (Å²) in [7, 11) is 0. The quantitative estimate of drug-likeness (QED) is 0.467. The molecule has 0 radical (unpaired) electrons. The number of nitro benzene ring substituents is 1. The van der Waals surface area contributed by atoms with Crippen LogP contribution >= 0.6 is 0 Å². The summed E-state index contributed by atoms with van der Waals surface area (Å²) in [4.78, 5) is 23.5. The lowest BCUT2D eigenvalue weighted by Gasteiger charge is -2.25. The molecule has 0 amide bonds. The molecule has 0 aliphatic carbocycles. The largest absolute Gasteiger partial charge is 0.363 e. The minimum atomic E-state index is -0.409. The van der Waals surface area contributed by atoms with Gasteiger partial charge >= 0.3 is 0 Å². The Morgan fingerprint density at radius 2 is 2.33 bits per heavy atom. The Bertz CT molecular complexity index is 473. The fourth-order valence-electron chi connectivity index (χ4n) is 2.58. The maximum Gasteiger partial charge on any atom is 0.293 e. The molecule has 0 N–H and O–H groups in total. The fourth-order valence-corrected chi connectivity index (χ4v) is 2.58. The molecule has 1 heterocycles. The Hall–Kier alpha value is -1.91. The van der Waals surface area contributed by atoms with E-state index in [1.54, 1.807) is 12.1 Å². The van der Waals surface area contributed by atoms with E-state index in [0.717, 1.165) is 25.8 Å². The zero-order valence-corrected chi connectivity index (χ0v) is 10.3. The van der Waals surface area contributed by atoms with Crippen molar-refractivity contribution < 1.29 is 9.72 Å². The van der Waals surface area contributed by atoms with E-state index in [1.807, 2.05) is 0 Å². The van der Waals surface area contributed by atoms with Crippen molar-refractivity contribution in [2.75, 3.05) is 11.4 Å². The third kappa shape index (κ3) is 2.20. The summed E-state index contributed by atoms with van der Waals surface area (Å²) in [5, 5.41) is 11.1. The van der Waals surface area contributed by atoms with Crippen molar-refractivity contribution in [1.82, 2.24) is 0 Å². The molecule has 96 valence electrons. The van der Waals surface area contributed by atoms with Crippen LogP contribution in [-0.4, -0.2) is 23.8 Å². The molecule has 0 bridgehead atoms. The van der Waals surface area contributed by atoms with Gasteiger partial charge in [-0.15, -0.1) is 0 Å². The Morgan fingerprint density at radius 1 is 1.56 bits per heavy atom. The van der Waals surface area contributed by atoms with E-state index in [9.17, 15) is 14.9 Å². The molecule has 1 atom stereocenters. The molecule has 1 aliphatic heterocycles. The zero-order chi connectivity index (χ0) is 13.1. The third-order valence-corrected chi connectivity index (χ3v) is 3.49. The summed E-state index contributed by atoms with van der Waals surface area (Å²) in [5.41, 5.74) is 1.01. The zero-order valence-electron chi connectivity index (χ0n) is 10.3. The molecule has 0 spiro atoms. The first kappa shape index (κ1) is 12.5. The molecular weight excluding hydrogens is 232 g/mol. The highest BCUT2D eigenvalue weighted by Crippen LogP contribution is 2.34. The van der Waals surface area contributed by atoms with Crippen molar-refractivity contribution in [3.8, 4) is 0 Å². The second-order valence-corrected chi connectivity index (χ2v) is 4.52. The molecule has 1 aromatic rings. The summed E-state index contributed by atoms with van der Waals surface area (Å²) < 4.78 is 0. The van der Waals surface area contributed by atoms with Gasteiger partial charge in [-0.2, -0.15) is 0 Å². The average molecular weight is 248 g/mol. The van der Waals surface area contributed by atoms with E-state index in [1.165, 1.54) is 6.07 Å². The molecule has 18 heavy (non-hydrogen) atoms. The van der Waals surface area contributed by atoms with Crippen LogP contribution in [0, 0.1) is 10.1 Å². The molecule has 0 saturated carbocycles. The van der Waals surface area contributed by atoms with Gasteiger partial charge in [0.2, 0.25) is 0 Å². The van der Waals surface area contributed by atoms with Crippen LogP contribution in [0.25, 0.3) is 0 Å². The normalized spacial score (nSPS) is 18.9. The standard InChI is InChI=1S/C13H16N2O3/c1-2-11-4-3-7-14(11)12-6-5-10(9-16)8-13(12)15(17)18/h5-6,8-9,11H,2-4,7H2,1H3. The summed E-state index contributed by atoms with van der Waals surface area (Å²) in [6.07, 6.45) is 3.75. The van der Waals surface area contributed by atoms with Crippen molar-refractivity contribution in [1.29, 1.82) is 0 Å². The van der Waals surface area contributed by atoms with Crippen molar-refractivity contribution in [2.24, 2.45) is 0 Å². The number of hydrogen-bond donors (Lipinski definition) is 0. The Morgan fingerprint density at radius 3 is 2.94 bits per heavy atom. The van der Waals surface area contributed by atoms with Crippen molar-refractivity contribution >= 4 is 17.7 Å². The molecule has 1 unspecified atom stereocenters. The van der Waals surface area contributed by atoms with Gasteiger partial charge in [-0.3, -0.25) is 14.9 Å². The topological polar surface area (TPSA) is 63.5 Å². The SMILES string of the molecule is CCC1CCCN1c1ccc(C=O)cc1[N+](=O)[O-]. The van der Waals surface area contributed by atoms with Gasteiger partial charge in [0.15, 0.2) is 0 Å². The lowest BCUT2D eigenvalue weighted by Crippen LogP contribution is -2.29. The van der Waals surface area contributed by atoms with Gasteiger partial charge in [0, 0.05) is 24.2 Å². The molecule has 1 saturated heterocycles. The van der Waals surface area contributed by atoms with Crippen molar-refractivity contribution in [3.05, 3.63) is 33.9 Å². The number of hydrogen-bond acceptors (Lipinski definition) is 4. The van der Waals surface area contributed by atoms with Crippen molar-refractivity contribution in [2.45, 2.75) is 32.2 Å². The smallest absolute Gasteiger partial charge is 0.293 e. The lowest BCUT2D eigenvalue weighted by molar-refractivity contribution is -0.384. The van der Waals surface area contributed by atoms with Crippen LogP contribution in [0.5, 0.6) is 0 Å². The minimum Gasteiger partial charge on any atom is -0.363 e. The van der Waals surface area contributed by atoms with E-state index < -0.39 is 4.92 Å². The Labute approximate surface area is 106 Å². The number of anilines is 1. The fraction of sp³-hybridized carbons (Fsp3) is 0.462. The molecular formula is C13H16N2O3. The first-order valence-electron chi connectivity index (χ1n) is 6.17. The molecule has 1 fully saturated rings. The second-order valence-electron chi connectivity index (χ2n) is 4.52. The minimum absolute atomic E-state index is 0.0277. The van der Waals surface area contributed by atoms with Gasteiger partial charge in [0.05, 0.1) is 4.92 Å². The Kier molecular flexibility index (Phi) is 3.60. The van der Waals surface area contributed by atoms with E-state index in [4.69, 9.17) is 0 Å². The number of aldehydes is 1. The second kappa shape index (κ2) is 5.16. The average Bonchev–Trinajstić information content (AvgIpc) is 2.86. The molecule has 1 aliphatic rings. The van der Waals surface area contributed by atoms with Crippen LogP contribution in [0.4, 0.5) is 11.4 Å². The number of carbonyl (C=O) groups excluding carboxylic acids is 1. The van der Waals surface area contributed by atoms with E-state index in [0.29, 0.717) is 23.6 Å². The van der Waals surface area contributed by atoms with Crippen LogP contribution in [0.2, 0.25) is 0 Å². The summed E-state index contributed by atoms with van der Waals surface area (Å²) in [5.74, 6) is 0. The van der Waals surface area contributed by atoms with E-state index in [-0.39, 0.29) is 5.69 Å². The monoisotopic (exact) mass is 248 g/mol. The summed E-state index contributed by atoms with van der Waals surface area (Å²) in [6.45, 7) is 2.94. The maximum absolute atomic E-state index is 11.1. The van der Waals surface area contributed by atoms with Gasteiger partial charge < -0.3 is 4.90 Å². The molecule has 5 heteroatoms. The van der Waals surface area contributed by atoms with Crippen LogP contribution < -0.4 is 4.90 Å². The third-order valence-electron chi connectivity index (χ3n) is 3.49. The highest BCUT2D eigenvalue weighted by molar-refractivity contribution is 5.79. The van der Waals surface area contributed by atoms with Gasteiger partial charge in [-0.05, 0) is 31.4 Å². The number of nitro groups is 1. The lowest BCUT2D eigenvalue weighted by atomic mass is 10.1. The number of rotatable bonds is 4. The van der Waals surface area contributed by atoms with Crippen molar-refractivity contribution in [3.63, 3.8) is 0 Å². The van der Waals surface area contributed by atoms with Crippen LogP contribution in [-0.2, 0) is 0 Å². The summed E-state index contributed by atoms with van der Waals surface area (Å²) in [6, 6.07) is 5.05. The maximum atomic E-state index is 11.1. The molecule has 2 rings (SSSR count). The van der Waals surface area contributed by atoms with Gasteiger partial charge in [-0.1, -0.05) is 6.92 Å². The predicted octanol–water partition coefficient (Wildman–Crippen LogP) is 2.79. The summed E-state index contributed by atoms with van der Waals surface area (Å²) >= 11 is 0. The highest BCUT2D eigenvalue weighted by atomic mass is 16.6. The first-order valence-corrected chi connectivity index (χ1v) is 6.17. The van der Waals surface area contributed by atoms with Crippen LogP contribution in [0.1, 0.15) is 36.5 Å². The molecule has 1 aromatic carbocycles. The van der Waals surface area contributed by atoms with E-state index in [2.05, 4.69) is 11.8 Å². The Balaban J connectivity index is 2.43. The van der Waals surface area contributed by atoms with Gasteiger partial charge in [0.25, 0.3) is 5.69 Å². The van der Waals surface area contributed by atoms with Crippen LogP contribution in [0.15, 0.2) is 18.2 Å². The highest BCUT2D eigenvalue weighted by Gasteiger charge is 2.28. The number of nitrogens with zero attached hydrogens (tertiary/aromatic N) is 2. The van der Waals surface area contributed by atoms with Gasteiger partial charge in [-0.25, -0.2) is 0 Å². The van der Waals surface area contributed by atoms with E-state index >= 15 is 0 Å².